The van der Waals surface area contributed by atoms with Gasteiger partial charge in [0.15, 0.2) is 23.0 Å². The number of aromatic amines is 1. The van der Waals surface area contributed by atoms with E-state index in [0.717, 1.165) is 6.33 Å². The number of nitrogens with one attached hydrogen (secondary N) is 1. The number of H-pyrrole nitrogens is 1. The van der Waals surface area contributed by atoms with E-state index in [1.165, 1.54) is 34.1 Å². The van der Waals surface area contributed by atoms with Gasteiger partial charge in [-0.15, -0.1) is 0 Å². The van der Waals surface area contributed by atoms with Gasteiger partial charge < -0.3 is 40.0 Å². The summed E-state index contributed by atoms with van der Waals surface area (Å²) in [6.07, 6.45) is -3.82. The third kappa shape index (κ3) is 5.07. The van der Waals surface area contributed by atoms with E-state index < -0.39 is 83.1 Å². The Morgan fingerprint density at radius 3 is 2.39 bits per heavy atom. The average molecular weight is 656 g/mol. The molecule has 20 nitrogen and oxygen atoms in total. The van der Waals surface area contributed by atoms with E-state index in [1.54, 1.807) is 0 Å². The van der Waals surface area contributed by atoms with Gasteiger partial charge in [-0.05, 0) is 12.5 Å². The number of hydrogen-bond acceptors (Lipinski definition) is 15. The first-order chi connectivity index (χ1) is 20.9. The number of nitrogens with zero attached hydrogens (tertiary/aromatic N) is 6. The number of anilines is 1. The molecule has 236 valence electrons. The molecule has 7 rings (SSSR count). The summed E-state index contributed by atoms with van der Waals surface area (Å²) in [5, 5.41) is 22.3. The predicted octanol–water partition coefficient (Wildman–Crippen LogP) is -0.655. The number of nitrogens with two attached hydrogens (primary N) is 1. The maximum Gasteiger partial charge on any atom is 0.472 e. The number of aliphatic hydroxyl groups excluding tert-OH is 2. The summed E-state index contributed by atoms with van der Waals surface area (Å²) < 4.78 is 56.1. The molecule has 3 aliphatic rings. The number of imidazole rings is 2. The average Bonchev–Trinajstić information content (AvgIpc) is 3.73. The summed E-state index contributed by atoms with van der Waals surface area (Å²) in [6, 6.07) is 0.594. The number of aliphatic hydroxyl groups is 2. The minimum atomic E-state index is -4.99. The van der Waals surface area contributed by atoms with Crippen LogP contribution in [0, 0.1) is 5.92 Å². The molecule has 10 atom stereocenters. The normalized spacial score (nSPS) is 38.3. The maximum absolute atomic E-state index is 13.2. The van der Waals surface area contributed by atoms with Gasteiger partial charge >= 0.3 is 15.6 Å². The summed E-state index contributed by atoms with van der Waals surface area (Å²) in [6.45, 7) is -1.33. The third-order valence-corrected chi connectivity index (χ3v) is 9.88. The van der Waals surface area contributed by atoms with Gasteiger partial charge in [-0.2, -0.15) is 0 Å². The van der Waals surface area contributed by atoms with Crippen LogP contribution in [-0.2, 0) is 32.0 Å². The molecule has 7 N–H and O–H groups in total. The summed E-state index contributed by atoms with van der Waals surface area (Å²) in [5.41, 5.74) is 6.34. The van der Waals surface area contributed by atoms with Gasteiger partial charge in [-0.3, -0.25) is 27.5 Å². The van der Waals surface area contributed by atoms with E-state index in [9.17, 15) is 33.9 Å². The molecule has 0 radical (unpaired) electrons. The summed E-state index contributed by atoms with van der Waals surface area (Å²) in [5.74, 6) is -0.934. The molecule has 22 heteroatoms. The molecule has 2 aliphatic heterocycles. The number of hydrogen-bond donors (Lipinski definition) is 6. The standard InChI is InChI=1S/C22H26N8O12P2/c23-10-1-2-24-19-13(10)27-8-30(19)22-16(32)18-12(40-22)5-39-44(36,37)41-17-11(3-9(15(17)31)4-38-43(34,35)42-18)29-7-28-14-20(29)25-6-26-21(14)33/h1-2,6-9,11-12,15-18,22,31-32H,3-5H2,(H2,23,24)(H,34,35)(H,36,37)(H,25,26,33)/t9-,11-,12-,15?,16-,17-,18?,22-/m1/s1. The number of ether oxygens (including phenoxy) is 1. The number of pyridine rings is 1. The van der Waals surface area contributed by atoms with Gasteiger partial charge in [0, 0.05) is 12.1 Å². The van der Waals surface area contributed by atoms with Crippen molar-refractivity contribution in [2.24, 2.45) is 5.92 Å². The minimum Gasteiger partial charge on any atom is -0.397 e. The summed E-state index contributed by atoms with van der Waals surface area (Å²) in [7, 11) is -9.94. The first kappa shape index (κ1) is 29.6. The second-order valence-corrected chi connectivity index (χ2v) is 13.4. The molecule has 4 aromatic rings. The smallest absolute Gasteiger partial charge is 0.397 e. The lowest BCUT2D eigenvalue weighted by molar-refractivity contribution is -0.0552. The molecular formula is C22H26N8O12P2. The van der Waals surface area contributed by atoms with Crippen molar-refractivity contribution in [1.29, 1.82) is 0 Å². The molecule has 2 saturated heterocycles. The Bertz CT molecular complexity index is 1880. The number of rotatable bonds is 2. The molecule has 1 saturated carbocycles. The van der Waals surface area contributed by atoms with Crippen LogP contribution in [-0.4, -0.2) is 97.8 Å². The molecule has 1 aliphatic carbocycles. The molecule has 2 bridgehead atoms. The highest BCUT2D eigenvalue weighted by Gasteiger charge is 2.53. The molecule has 3 fully saturated rings. The van der Waals surface area contributed by atoms with E-state index in [4.69, 9.17) is 28.6 Å². The van der Waals surface area contributed by atoms with Crippen LogP contribution in [0.15, 0.2) is 36.0 Å². The molecule has 4 aromatic heterocycles. The quantitative estimate of drug-likeness (QED) is 0.146. The van der Waals surface area contributed by atoms with Crippen molar-refractivity contribution in [3.63, 3.8) is 0 Å². The molecule has 44 heavy (non-hydrogen) atoms. The predicted molar refractivity (Wildman–Crippen MR) is 144 cm³/mol. The fraction of sp³-hybridized carbons (Fsp3) is 0.500. The Morgan fingerprint density at radius 1 is 0.909 bits per heavy atom. The summed E-state index contributed by atoms with van der Waals surface area (Å²) in [4.78, 5) is 52.5. The van der Waals surface area contributed by atoms with Crippen LogP contribution < -0.4 is 11.3 Å². The van der Waals surface area contributed by atoms with Crippen LogP contribution in [0.4, 0.5) is 5.69 Å². The monoisotopic (exact) mass is 656 g/mol. The zero-order valence-corrected chi connectivity index (χ0v) is 24.1. The zero-order valence-electron chi connectivity index (χ0n) is 22.3. The van der Waals surface area contributed by atoms with Crippen molar-refractivity contribution < 1.29 is 52.0 Å². The van der Waals surface area contributed by atoms with Gasteiger partial charge in [-0.25, -0.2) is 29.1 Å². The van der Waals surface area contributed by atoms with E-state index >= 15 is 0 Å². The van der Waals surface area contributed by atoms with Crippen LogP contribution >= 0.6 is 15.6 Å². The largest absolute Gasteiger partial charge is 0.472 e. The first-order valence-electron chi connectivity index (χ1n) is 13.2. The van der Waals surface area contributed by atoms with E-state index in [2.05, 4.69) is 24.9 Å². The van der Waals surface area contributed by atoms with Gasteiger partial charge in [0.2, 0.25) is 0 Å². The van der Waals surface area contributed by atoms with Crippen LogP contribution in [0.5, 0.6) is 0 Å². The summed E-state index contributed by atoms with van der Waals surface area (Å²) >= 11 is 0. The fourth-order valence-electron chi connectivity index (χ4n) is 5.84. The molecular weight excluding hydrogens is 630 g/mol. The van der Waals surface area contributed by atoms with Crippen molar-refractivity contribution in [3.8, 4) is 0 Å². The highest BCUT2D eigenvalue weighted by Crippen LogP contribution is 2.55. The number of fused-ring (bicyclic) bond motifs is 5. The lowest BCUT2D eigenvalue weighted by Crippen LogP contribution is -2.36. The van der Waals surface area contributed by atoms with Crippen LogP contribution in [0.2, 0.25) is 0 Å². The highest BCUT2D eigenvalue weighted by molar-refractivity contribution is 7.47. The maximum atomic E-state index is 13.2. The number of nitrogen functional groups attached to an aromatic ring is 1. The number of phosphoric ester groups is 2. The van der Waals surface area contributed by atoms with Gasteiger partial charge in [0.1, 0.15) is 29.9 Å². The van der Waals surface area contributed by atoms with Crippen molar-refractivity contribution in [3.05, 3.63) is 41.6 Å². The minimum absolute atomic E-state index is 0.0184. The van der Waals surface area contributed by atoms with Crippen molar-refractivity contribution >= 4 is 43.7 Å². The Morgan fingerprint density at radius 2 is 1.59 bits per heavy atom. The van der Waals surface area contributed by atoms with Crippen molar-refractivity contribution in [2.75, 3.05) is 18.9 Å². The van der Waals surface area contributed by atoms with Crippen LogP contribution in [0.1, 0.15) is 18.7 Å². The lowest BCUT2D eigenvalue weighted by Gasteiger charge is -2.26. The van der Waals surface area contributed by atoms with Gasteiger partial charge in [-0.1, -0.05) is 0 Å². The van der Waals surface area contributed by atoms with Gasteiger partial charge in [0.25, 0.3) is 5.56 Å². The first-order valence-corrected chi connectivity index (χ1v) is 16.2. The SMILES string of the molecule is Nc1ccnc2c1ncn2[C@@H]1O[C@@H]2COP(=O)(O)O[C@H]3C(O)[C@@H](COP(=O)(O)OC2[C@H]1O)C[C@H]3n1cnc2c(=O)[nH]cnc21. The fourth-order valence-corrected chi connectivity index (χ4v) is 7.81. The molecule has 4 unspecified atom stereocenters. The van der Waals surface area contributed by atoms with Crippen molar-refractivity contribution in [2.45, 2.75) is 49.2 Å². The molecule has 6 heterocycles. The third-order valence-electron chi connectivity index (χ3n) is 7.90. The Kier molecular flexibility index (Phi) is 7.22. The van der Waals surface area contributed by atoms with E-state index in [1.807, 2.05) is 0 Å². The van der Waals surface area contributed by atoms with Crippen molar-refractivity contribution in [1.82, 2.24) is 34.1 Å². The lowest BCUT2D eigenvalue weighted by atomic mass is 10.1. The Balaban J connectivity index is 1.20. The second-order valence-electron chi connectivity index (χ2n) is 10.6. The van der Waals surface area contributed by atoms with Gasteiger partial charge in [0.05, 0.1) is 50.0 Å². The van der Waals surface area contributed by atoms with Crippen LogP contribution in [0.25, 0.3) is 22.3 Å². The highest BCUT2D eigenvalue weighted by atomic mass is 31.2. The number of aromatic nitrogens is 7. The molecule has 0 aromatic carbocycles. The Labute approximate surface area is 245 Å². The van der Waals surface area contributed by atoms with Crippen LogP contribution in [0.3, 0.4) is 0 Å². The zero-order chi connectivity index (χ0) is 31.0. The molecule has 0 amide bonds. The second kappa shape index (κ2) is 10.7. The Hall–Kier alpha value is -3.13. The topological polar surface area (TPSA) is 282 Å². The van der Waals surface area contributed by atoms with E-state index in [0.29, 0.717) is 11.2 Å². The number of phosphoric acid groups is 2. The molecule has 0 spiro atoms. The van der Waals surface area contributed by atoms with E-state index in [-0.39, 0.29) is 23.2 Å².